The number of amides is 1. The smallest absolute Gasteiger partial charge is 0.225 e. The van der Waals surface area contributed by atoms with Crippen LogP contribution in [0, 0.1) is 5.92 Å². The third kappa shape index (κ3) is 7.00. The van der Waals surface area contributed by atoms with E-state index in [9.17, 15) is 4.79 Å². The van der Waals surface area contributed by atoms with Gasteiger partial charge in [0.1, 0.15) is 5.75 Å². The number of halogens is 1. The van der Waals surface area contributed by atoms with Crippen molar-refractivity contribution in [3.05, 3.63) is 58.6 Å². The minimum Gasteiger partial charge on any atom is -0.489 e. The van der Waals surface area contributed by atoms with Crippen molar-refractivity contribution in [3.63, 3.8) is 0 Å². The first-order chi connectivity index (χ1) is 17.7. The molecule has 1 amide bonds. The van der Waals surface area contributed by atoms with Crippen molar-refractivity contribution in [2.75, 3.05) is 37.6 Å². The number of carbonyl (C=O) groups excluding carboxylic acids is 1. The zero-order valence-corrected chi connectivity index (χ0v) is 23.4. The first-order valence-corrected chi connectivity index (χ1v) is 14.5. The van der Waals surface area contributed by atoms with E-state index in [2.05, 4.69) is 66.2 Å². The summed E-state index contributed by atoms with van der Waals surface area (Å²) >= 11 is 6.54. The van der Waals surface area contributed by atoms with Gasteiger partial charge >= 0.3 is 0 Å². The Kier molecular flexibility index (Phi) is 8.02. The number of likely N-dealkylation sites (tertiary alicyclic amines) is 1. The molecule has 0 radical (unpaired) electrons. The quantitative estimate of drug-likeness (QED) is 0.449. The fourth-order valence-electron chi connectivity index (χ4n) is 5.56. The van der Waals surface area contributed by atoms with E-state index in [1.807, 2.05) is 12.1 Å². The molecule has 2 aromatic carbocycles. The number of hydrogen-bond acceptors (Lipinski definition) is 4. The fourth-order valence-corrected chi connectivity index (χ4v) is 5.80. The van der Waals surface area contributed by atoms with Crippen LogP contribution < -0.4 is 15.0 Å². The molecule has 0 bridgehead atoms. The number of nitrogens with one attached hydrogen (secondary N) is 1. The Morgan fingerprint density at radius 3 is 2.43 bits per heavy atom. The van der Waals surface area contributed by atoms with Crippen LogP contribution in [0.2, 0.25) is 5.02 Å². The van der Waals surface area contributed by atoms with Crippen LogP contribution in [0.15, 0.2) is 42.5 Å². The number of carbonyl (C=O) groups is 1. The predicted octanol–water partition coefficient (Wildman–Crippen LogP) is 5.83. The number of hydrogen-bond donors (Lipinski definition) is 1. The van der Waals surface area contributed by atoms with Gasteiger partial charge < -0.3 is 19.9 Å². The Hall–Kier alpha value is -2.24. The first kappa shape index (κ1) is 26.4. The van der Waals surface area contributed by atoms with Crippen LogP contribution in [0.1, 0.15) is 64.0 Å². The summed E-state index contributed by atoms with van der Waals surface area (Å²) in [5.41, 5.74) is 3.83. The van der Waals surface area contributed by atoms with Gasteiger partial charge in [-0.3, -0.25) is 4.79 Å². The molecule has 2 heterocycles. The van der Waals surface area contributed by atoms with Gasteiger partial charge in [-0.05, 0) is 92.4 Å². The lowest BCUT2D eigenvalue weighted by molar-refractivity contribution is -0.125. The highest BCUT2D eigenvalue weighted by atomic mass is 35.5. The number of anilines is 1. The van der Waals surface area contributed by atoms with E-state index in [1.54, 1.807) is 0 Å². The van der Waals surface area contributed by atoms with Gasteiger partial charge in [-0.15, -0.1) is 0 Å². The molecule has 0 aromatic heterocycles. The number of rotatable bonds is 9. The molecule has 2 aromatic rings. The van der Waals surface area contributed by atoms with Gasteiger partial charge in [0, 0.05) is 31.4 Å². The summed E-state index contributed by atoms with van der Waals surface area (Å²) in [5.74, 6) is 0.966. The Morgan fingerprint density at radius 2 is 1.78 bits per heavy atom. The summed E-state index contributed by atoms with van der Waals surface area (Å²) in [7, 11) is 0. The van der Waals surface area contributed by atoms with Crippen molar-refractivity contribution in [1.82, 2.24) is 10.2 Å². The first-order valence-electron chi connectivity index (χ1n) is 14.1. The molecule has 200 valence electrons. The molecule has 5 nitrogen and oxygen atoms in total. The maximum absolute atomic E-state index is 13.4. The molecular formula is C31H42ClN3O2. The van der Waals surface area contributed by atoms with Gasteiger partial charge in [0.05, 0.1) is 17.0 Å². The molecule has 5 rings (SSSR count). The molecule has 3 fully saturated rings. The molecule has 1 unspecified atom stereocenters. The Labute approximate surface area is 227 Å². The SMILES string of the molecule is CC(C)(C)c1ccc(N2CC[C@@H](C(=O)NC(Cc3ccc(OC4CC4)c(Cl)c3)CN3CCCC3)C2)cc1. The molecule has 2 aliphatic heterocycles. The summed E-state index contributed by atoms with van der Waals surface area (Å²) in [6.45, 7) is 11.5. The lowest BCUT2D eigenvalue weighted by Gasteiger charge is -2.26. The standard InChI is InChI=1S/C31H42ClN3O2/c1-31(2,3)24-7-9-26(10-8-24)35-17-14-23(20-35)30(36)33-25(21-34-15-4-5-16-34)18-22-6-13-29(28(32)19-22)37-27-11-12-27/h6-10,13,19,23,25,27H,4-5,11-12,14-18,20-21H2,1-3H3,(H,33,36)/t23-,25?/m1/s1. The fraction of sp³-hybridized carbons (Fsp3) is 0.581. The zero-order chi connectivity index (χ0) is 26.0. The van der Waals surface area contributed by atoms with Crippen molar-refractivity contribution >= 4 is 23.2 Å². The number of benzene rings is 2. The molecule has 3 aliphatic rings. The van der Waals surface area contributed by atoms with Gasteiger partial charge in [-0.25, -0.2) is 0 Å². The molecule has 0 spiro atoms. The van der Waals surface area contributed by atoms with Crippen LogP contribution >= 0.6 is 11.6 Å². The van der Waals surface area contributed by atoms with Crippen molar-refractivity contribution < 1.29 is 9.53 Å². The van der Waals surface area contributed by atoms with E-state index in [-0.39, 0.29) is 23.3 Å². The van der Waals surface area contributed by atoms with Crippen LogP contribution in [0.5, 0.6) is 5.75 Å². The monoisotopic (exact) mass is 523 g/mol. The summed E-state index contributed by atoms with van der Waals surface area (Å²) < 4.78 is 5.91. The van der Waals surface area contributed by atoms with E-state index < -0.39 is 0 Å². The van der Waals surface area contributed by atoms with Crippen molar-refractivity contribution in [3.8, 4) is 5.75 Å². The highest BCUT2D eigenvalue weighted by molar-refractivity contribution is 6.32. The Bertz CT molecular complexity index is 1070. The van der Waals surface area contributed by atoms with Gasteiger partial charge in [-0.2, -0.15) is 0 Å². The third-order valence-corrected chi connectivity index (χ3v) is 8.27. The van der Waals surface area contributed by atoms with E-state index >= 15 is 0 Å². The molecule has 2 saturated heterocycles. The van der Waals surface area contributed by atoms with Gasteiger partial charge in [0.25, 0.3) is 0 Å². The molecular weight excluding hydrogens is 482 g/mol. The van der Waals surface area contributed by atoms with Crippen molar-refractivity contribution in [2.24, 2.45) is 5.92 Å². The maximum atomic E-state index is 13.4. The van der Waals surface area contributed by atoms with Gasteiger partial charge in [0.15, 0.2) is 0 Å². The lowest BCUT2D eigenvalue weighted by Crippen LogP contribution is -2.46. The minimum absolute atomic E-state index is 0.0151. The van der Waals surface area contributed by atoms with Gasteiger partial charge in [-0.1, -0.05) is 50.6 Å². The molecule has 37 heavy (non-hydrogen) atoms. The van der Waals surface area contributed by atoms with E-state index in [0.717, 1.165) is 69.7 Å². The molecule has 1 aliphatic carbocycles. The van der Waals surface area contributed by atoms with Crippen molar-refractivity contribution in [1.29, 1.82) is 0 Å². The van der Waals surface area contributed by atoms with Gasteiger partial charge in [0.2, 0.25) is 5.91 Å². The normalized spacial score (nSPS) is 21.3. The largest absolute Gasteiger partial charge is 0.489 e. The predicted molar refractivity (Wildman–Crippen MR) is 152 cm³/mol. The number of nitrogens with zero attached hydrogens (tertiary/aromatic N) is 2. The minimum atomic E-state index is 0.0151. The zero-order valence-electron chi connectivity index (χ0n) is 22.6. The average molecular weight is 524 g/mol. The molecule has 6 heteroatoms. The van der Waals surface area contributed by atoms with Crippen LogP contribution in [-0.4, -0.2) is 55.7 Å². The van der Waals surface area contributed by atoms with E-state index in [4.69, 9.17) is 16.3 Å². The second-order valence-corrected chi connectivity index (χ2v) is 12.6. The third-order valence-electron chi connectivity index (χ3n) is 7.98. The molecule has 1 saturated carbocycles. The summed E-state index contributed by atoms with van der Waals surface area (Å²) in [6.07, 6.45) is 6.70. The lowest BCUT2D eigenvalue weighted by atomic mass is 9.87. The van der Waals surface area contributed by atoms with Crippen LogP contribution in [-0.2, 0) is 16.6 Å². The average Bonchev–Trinajstić information content (AvgIpc) is 3.29. The molecule has 2 atom stereocenters. The van der Waals surface area contributed by atoms with E-state index in [1.165, 1.54) is 24.1 Å². The summed E-state index contributed by atoms with van der Waals surface area (Å²) in [5, 5.41) is 4.10. The highest BCUT2D eigenvalue weighted by Crippen LogP contribution is 2.33. The Morgan fingerprint density at radius 1 is 1.05 bits per heavy atom. The Balaban J connectivity index is 1.21. The topological polar surface area (TPSA) is 44.8 Å². The van der Waals surface area contributed by atoms with Crippen LogP contribution in [0.4, 0.5) is 5.69 Å². The van der Waals surface area contributed by atoms with Crippen LogP contribution in [0.3, 0.4) is 0 Å². The second kappa shape index (κ2) is 11.2. The number of ether oxygens (including phenoxy) is 1. The second-order valence-electron chi connectivity index (χ2n) is 12.2. The summed E-state index contributed by atoms with van der Waals surface area (Å²) in [4.78, 5) is 18.3. The highest BCUT2D eigenvalue weighted by Gasteiger charge is 2.31. The summed E-state index contributed by atoms with van der Waals surface area (Å²) in [6, 6.07) is 15.0. The van der Waals surface area contributed by atoms with Crippen LogP contribution in [0.25, 0.3) is 0 Å². The molecule has 1 N–H and O–H groups in total. The maximum Gasteiger partial charge on any atom is 0.225 e. The van der Waals surface area contributed by atoms with E-state index in [0.29, 0.717) is 11.1 Å². The van der Waals surface area contributed by atoms with Crippen molar-refractivity contribution in [2.45, 2.75) is 76.9 Å².